The summed E-state index contributed by atoms with van der Waals surface area (Å²) in [5, 5.41) is 5.77. The fourth-order valence-corrected chi connectivity index (χ4v) is 2.62. The second-order valence-electron chi connectivity index (χ2n) is 7.59. The molecule has 0 saturated carbocycles. The van der Waals surface area contributed by atoms with Gasteiger partial charge in [0.1, 0.15) is 6.04 Å². The number of nitrogens with zero attached hydrogens (tertiary/aromatic N) is 2. The fraction of sp³-hybridized carbons (Fsp3) is 0.286. The molecule has 0 saturated heterocycles. The molecule has 0 radical (unpaired) electrons. The number of para-hydroxylation sites is 2. The topological polar surface area (TPSA) is 76.0 Å². The molecule has 0 bridgehead atoms. The van der Waals surface area contributed by atoms with Gasteiger partial charge in [0.25, 0.3) is 0 Å². The van der Waals surface area contributed by atoms with Crippen LogP contribution in [0.15, 0.2) is 54.9 Å². The number of hydrogen-bond acceptors (Lipinski definition) is 3. The normalized spacial score (nSPS) is 12.6. The molecule has 0 fully saturated rings. The van der Waals surface area contributed by atoms with Crippen LogP contribution in [0.1, 0.15) is 33.7 Å². The van der Waals surface area contributed by atoms with Crippen molar-refractivity contribution in [2.45, 2.75) is 33.7 Å². The quantitative estimate of drug-likeness (QED) is 0.728. The van der Waals surface area contributed by atoms with Gasteiger partial charge in [-0.3, -0.25) is 9.59 Å². The minimum absolute atomic E-state index is 0.0557. The van der Waals surface area contributed by atoms with E-state index in [1.807, 2.05) is 56.5 Å². The highest BCUT2D eigenvalue weighted by Crippen LogP contribution is 2.21. The molecule has 0 spiro atoms. The summed E-state index contributed by atoms with van der Waals surface area (Å²) in [6, 6.07) is 14.4. The molecule has 2 N–H and O–H groups in total. The van der Waals surface area contributed by atoms with Crippen molar-refractivity contribution in [1.29, 1.82) is 0 Å². The van der Waals surface area contributed by atoms with Crippen LogP contribution >= 0.6 is 0 Å². The predicted octanol–water partition coefficient (Wildman–Crippen LogP) is 4.22. The van der Waals surface area contributed by atoms with Gasteiger partial charge in [-0.2, -0.15) is 0 Å². The van der Waals surface area contributed by atoms with E-state index in [1.165, 1.54) is 0 Å². The molecule has 0 aliphatic rings. The molecule has 140 valence electrons. The van der Waals surface area contributed by atoms with Gasteiger partial charge in [-0.15, -0.1) is 0 Å². The zero-order chi connectivity index (χ0) is 19.6. The lowest BCUT2D eigenvalue weighted by Gasteiger charge is -2.18. The summed E-state index contributed by atoms with van der Waals surface area (Å²) < 4.78 is 1.85. The Morgan fingerprint density at radius 2 is 1.56 bits per heavy atom. The number of amides is 2. The number of hydrogen-bond donors (Lipinski definition) is 2. The highest BCUT2D eigenvalue weighted by Gasteiger charge is 2.21. The maximum absolute atomic E-state index is 12.6. The molecule has 1 unspecified atom stereocenters. The highest BCUT2D eigenvalue weighted by atomic mass is 16.2. The highest BCUT2D eigenvalue weighted by molar-refractivity contribution is 5.96. The molecule has 27 heavy (non-hydrogen) atoms. The lowest BCUT2D eigenvalue weighted by atomic mass is 9.95. The van der Waals surface area contributed by atoms with Crippen molar-refractivity contribution in [1.82, 2.24) is 9.55 Å². The lowest BCUT2D eigenvalue weighted by Crippen LogP contribution is -2.27. The van der Waals surface area contributed by atoms with Crippen LogP contribution in [0.2, 0.25) is 0 Å². The maximum atomic E-state index is 12.6. The Labute approximate surface area is 158 Å². The van der Waals surface area contributed by atoms with Crippen molar-refractivity contribution < 1.29 is 9.59 Å². The van der Waals surface area contributed by atoms with Gasteiger partial charge in [-0.1, -0.05) is 32.9 Å². The Morgan fingerprint density at radius 1 is 0.963 bits per heavy atom. The van der Waals surface area contributed by atoms with Gasteiger partial charge in [0.15, 0.2) is 0 Å². The van der Waals surface area contributed by atoms with Gasteiger partial charge < -0.3 is 15.2 Å². The zero-order valence-corrected chi connectivity index (χ0v) is 16.0. The van der Waals surface area contributed by atoms with Crippen LogP contribution in [0.5, 0.6) is 0 Å². The number of rotatable bonds is 4. The molecule has 3 aromatic rings. The van der Waals surface area contributed by atoms with Crippen LogP contribution in [-0.2, 0) is 9.59 Å². The van der Waals surface area contributed by atoms with E-state index in [1.54, 1.807) is 30.6 Å². The Bertz CT molecular complexity index is 968. The second-order valence-corrected chi connectivity index (χ2v) is 7.59. The number of imidazole rings is 1. The summed E-state index contributed by atoms with van der Waals surface area (Å²) in [5.74, 6) is -0.190. The average Bonchev–Trinajstić information content (AvgIpc) is 3.06. The van der Waals surface area contributed by atoms with E-state index < -0.39 is 11.5 Å². The van der Waals surface area contributed by atoms with Gasteiger partial charge >= 0.3 is 0 Å². The first kappa shape index (κ1) is 18.6. The van der Waals surface area contributed by atoms with Crippen molar-refractivity contribution >= 4 is 34.2 Å². The third-order valence-corrected chi connectivity index (χ3v) is 4.37. The van der Waals surface area contributed by atoms with Crippen LogP contribution in [0.25, 0.3) is 11.0 Å². The van der Waals surface area contributed by atoms with Gasteiger partial charge in [0, 0.05) is 16.8 Å². The first-order valence-corrected chi connectivity index (χ1v) is 8.89. The molecule has 0 aliphatic carbocycles. The first-order chi connectivity index (χ1) is 12.8. The third-order valence-electron chi connectivity index (χ3n) is 4.37. The van der Waals surface area contributed by atoms with Gasteiger partial charge in [-0.25, -0.2) is 4.98 Å². The Hall–Kier alpha value is -3.15. The number of fused-ring (bicyclic) bond motifs is 1. The number of nitrogens with one attached hydrogen (secondary N) is 2. The van der Waals surface area contributed by atoms with E-state index in [4.69, 9.17) is 0 Å². The molecule has 1 aromatic heterocycles. The van der Waals surface area contributed by atoms with Crippen molar-refractivity contribution in [3.05, 3.63) is 54.9 Å². The number of carbonyl (C=O) groups is 2. The number of benzene rings is 2. The van der Waals surface area contributed by atoms with Gasteiger partial charge in [-0.05, 0) is 43.3 Å². The smallest absolute Gasteiger partial charge is 0.247 e. The first-order valence-electron chi connectivity index (χ1n) is 8.89. The van der Waals surface area contributed by atoms with Crippen molar-refractivity contribution in [3.8, 4) is 0 Å². The van der Waals surface area contributed by atoms with Crippen molar-refractivity contribution in [2.24, 2.45) is 5.41 Å². The Balaban J connectivity index is 1.68. The summed E-state index contributed by atoms with van der Waals surface area (Å²) in [5.41, 5.74) is 2.68. The van der Waals surface area contributed by atoms with Crippen molar-refractivity contribution in [2.75, 3.05) is 10.6 Å². The molecule has 3 rings (SSSR count). The SMILES string of the molecule is CC(C(=O)Nc1ccc(NC(=O)C(C)(C)C)cc1)n1cnc2ccccc21. The minimum Gasteiger partial charge on any atom is -0.326 e. The van der Waals surface area contributed by atoms with Crippen LogP contribution in [0.4, 0.5) is 11.4 Å². The molecular formula is C21H24N4O2. The van der Waals surface area contributed by atoms with E-state index in [0.717, 1.165) is 11.0 Å². The van der Waals surface area contributed by atoms with Crippen LogP contribution in [-0.4, -0.2) is 21.4 Å². The zero-order valence-electron chi connectivity index (χ0n) is 16.0. The summed E-state index contributed by atoms with van der Waals surface area (Å²) in [7, 11) is 0. The van der Waals surface area contributed by atoms with E-state index in [9.17, 15) is 9.59 Å². The van der Waals surface area contributed by atoms with Gasteiger partial charge in [0.05, 0.1) is 17.4 Å². The monoisotopic (exact) mass is 364 g/mol. The minimum atomic E-state index is -0.462. The van der Waals surface area contributed by atoms with Crippen LogP contribution < -0.4 is 10.6 Å². The largest absolute Gasteiger partial charge is 0.326 e. The summed E-state index contributed by atoms with van der Waals surface area (Å²) in [6.45, 7) is 7.41. The maximum Gasteiger partial charge on any atom is 0.247 e. The van der Waals surface area contributed by atoms with Crippen LogP contribution in [0, 0.1) is 5.41 Å². The molecule has 1 atom stereocenters. The summed E-state index contributed by atoms with van der Waals surface area (Å²) in [4.78, 5) is 29.0. The number of anilines is 2. The summed E-state index contributed by atoms with van der Waals surface area (Å²) >= 11 is 0. The van der Waals surface area contributed by atoms with E-state index in [0.29, 0.717) is 11.4 Å². The molecular weight excluding hydrogens is 340 g/mol. The summed E-state index contributed by atoms with van der Waals surface area (Å²) in [6.07, 6.45) is 1.68. The van der Waals surface area contributed by atoms with E-state index >= 15 is 0 Å². The Morgan fingerprint density at radius 3 is 2.19 bits per heavy atom. The van der Waals surface area contributed by atoms with Gasteiger partial charge in [0.2, 0.25) is 11.8 Å². The van der Waals surface area contributed by atoms with Crippen molar-refractivity contribution in [3.63, 3.8) is 0 Å². The third kappa shape index (κ3) is 4.16. The molecule has 2 amide bonds. The fourth-order valence-electron chi connectivity index (χ4n) is 2.62. The second kappa shape index (κ2) is 7.23. The van der Waals surface area contributed by atoms with E-state index in [-0.39, 0.29) is 11.8 Å². The average molecular weight is 364 g/mol. The predicted molar refractivity (Wildman–Crippen MR) is 108 cm³/mol. The number of aromatic nitrogens is 2. The lowest BCUT2D eigenvalue weighted by molar-refractivity contribution is -0.123. The molecule has 1 heterocycles. The molecule has 6 heteroatoms. The molecule has 0 aliphatic heterocycles. The van der Waals surface area contributed by atoms with E-state index in [2.05, 4.69) is 15.6 Å². The standard InChI is InChI=1S/C21H24N4O2/c1-14(25-13-22-17-7-5-6-8-18(17)25)19(26)23-15-9-11-16(12-10-15)24-20(27)21(2,3)4/h5-14H,1-4H3,(H,23,26)(H,24,27). The Kier molecular flexibility index (Phi) is 4.99. The number of carbonyl (C=O) groups excluding carboxylic acids is 2. The van der Waals surface area contributed by atoms with Crippen LogP contribution in [0.3, 0.4) is 0 Å². The molecule has 6 nitrogen and oxygen atoms in total. The molecule has 2 aromatic carbocycles.